The number of benzene rings is 1. The number of para-hydroxylation sites is 1. The van der Waals surface area contributed by atoms with Crippen molar-refractivity contribution in [2.24, 2.45) is 0 Å². The van der Waals surface area contributed by atoms with E-state index < -0.39 is 0 Å². The molecule has 3 rings (SSSR count). The van der Waals surface area contributed by atoms with Crippen LogP contribution < -0.4 is 5.73 Å². The van der Waals surface area contributed by atoms with Crippen molar-refractivity contribution in [1.29, 1.82) is 0 Å². The molecule has 2 heterocycles. The average Bonchev–Trinajstić information content (AvgIpc) is 2.85. The highest BCUT2D eigenvalue weighted by Crippen LogP contribution is 2.31. The van der Waals surface area contributed by atoms with Crippen LogP contribution in [0.4, 0.5) is 5.88 Å². The fourth-order valence-corrected chi connectivity index (χ4v) is 1.56. The van der Waals surface area contributed by atoms with Gasteiger partial charge in [-0.05, 0) is 6.07 Å². The summed E-state index contributed by atoms with van der Waals surface area (Å²) in [7, 11) is 0. The Morgan fingerprint density at radius 1 is 1.00 bits per heavy atom. The molecule has 0 saturated heterocycles. The Morgan fingerprint density at radius 2 is 1.87 bits per heavy atom. The summed E-state index contributed by atoms with van der Waals surface area (Å²) in [5.74, 6) is 0.277. The topological polar surface area (TPSA) is 78.1 Å². The minimum atomic E-state index is 0.277. The molecule has 5 heteroatoms. The molecule has 74 valence electrons. The van der Waals surface area contributed by atoms with Crippen LogP contribution in [-0.4, -0.2) is 10.3 Å². The third-order valence-corrected chi connectivity index (χ3v) is 2.27. The molecule has 3 aromatic rings. The lowest BCUT2D eigenvalue weighted by Crippen LogP contribution is -1.84. The zero-order valence-electron chi connectivity index (χ0n) is 7.68. The van der Waals surface area contributed by atoms with Gasteiger partial charge in [-0.3, -0.25) is 0 Å². The molecule has 0 fully saturated rings. The van der Waals surface area contributed by atoms with E-state index in [0.29, 0.717) is 5.58 Å². The van der Waals surface area contributed by atoms with Crippen molar-refractivity contribution in [3.63, 3.8) is 0 Å². The second-order valence-electron chi connectivity index (χ2n) is 3.15. The number of hydrogen-bond acceptors (Lipinski definition) is 5. The Labute approximate surface area is 84.4 Å². The van der Waals surface area contributed by atoms with Crippen molar-refractivity contribution < 1.29 is 9.05 Å². The highest BCUT2D eigenvalue weighted by atomic mass is 16.5. The molecule has 0 atom stereocenters. The molecule has 0 spiro atoms. The Kier molecular flexibility index (Phi) is 1.53. The van der Waals surface area contributed by atoms with Crippen LogP contribution in [0.5, 0.6) is 0 Å². The number of hydrogen-bond donors (Lipinski definition) is 1. The van der Waals surface area contributed by atoms with Gasteiger partial charge in [0.05, 0.1) is 18.0 Å². The van der Waals surface area contributed by atoms with Gasteiger partial charge in [0.15, 0.2) is 5.58 Å². The molecule has 0 amide bonds. The normalized spacial score (nSPS) is 10.9. The smallest absolute Gasteiger partial charge is 0.230 e. The van der Waals surface area contributed by atoms with Crippen LogP contribution in [0, 0.1) is 0 Å². The fraction of sp³-hybridized carbons (Fsp3) is 0. The Morgan fingerprint density at radius 3 is 2.67 bits per heavy atom. The summed E-state index contributed by atoms with van der Waals surface area (Å²) in [5.41, 5.74) is 7.89. The molecule has 2 N–H and O–H groups in total. The third kappa shape index (κ3) is 1.10. The van der Waals surface area contributed by atoms with E-state index in [0.717, 1.165) is 16.5 Å². The fourth-order valence-electron chi connectivity index (χ4n) is 1.56. The van der Waals surface area contributed by atoms with Crippen LogP contribution in [0.3, 0.4) is 0 Å². The van der Waals surface area contributed by atoms with E-state index in [2.05, 4.69) is 10.3 Å². The lowest BCUT2D eigenvalue weighted by molar-refractivity contribution is 0.436. The maximum absolute atomic E-state index is 5.64. The quantitative estimate of drug-likeness (QED) is 0.651. The van der Waals surface area contributed by atoms with Gasteiger partial charge in [0.25, 0.3) is 0 Å². The van der Waals surface area contributed by atoms with E-state index in [1.807, 2.05) is 18.2 Å². The molecule has 0 bridgehead atoms. The summed E-state index contributed by atoms with van der Waals surface area (Å²) >= 11 is 0. The molecule has 0 aliphatic rings. The van der Waals surface area contributed by atoms with E-state index in [4.69, 9.17) is 14.8 Å². The molecule has 2 aromatic heterocycles. The number of fused-ring (bicyclic) bond motifs is 1. The first kappa shape index (κ1) is 8.05. The number of nitrogen functional groups attached to an aromatic ring is 1. The van der Waals surface area contributed by atoms with Crippen molar-refractivity contribution in [3.05, 3.63) is 30.6 Å². The van der Waals surface area contributed by atoms with Gasteiger partial charge in [0.2, 0.25) is 5.88 Å². The predicted octanol–water partition coefficient (Wildman–Crippen LogP) is 2.06. The molecule has 15 heavy (non-hydrogen) atoms. The predicted molar refractivity (Wildman–Crippen MR) is 53.9 cm³/mol. The van der Waals surface area contributed by atoms with Crippen LogP contribution in [0.15, 0.2) is 39.6 Å². The monoisotopic (exact) mass is 201 g/mol. The summed E-state index contributed by atoms with van der Waals surface area (Å²) in [5, 5.41) is 8.29. The molecule has 0 aliphatic carbocycles. The molecule has 0 unspecified atom stereocenters. The molecule has 0 aliphatic heterocycles. The van der Waals surface area contributed by atoms with Gasteiger partial charge in [0.1, 0.15) is 0 Å². The van der Waals surface area contributed by atoms with Gasteiger partial charge >= 0.3 is 0 Å². The number of aromatic nitrogens is 2. The summed E-state index contributed by atoms with van der Waals surface area (Å²) in [4.78, 5) is 0. The molecular weight excluding hydrogens is 194 g/mol. The highest BCUT2D eigenvalue weighted by Gasteiger charge is 2.12. The molecule has 0 saturated carbocycles. The summed E-state index contributed by atoms with van der Waals surface area (Å²) in [6.07, 6.45) is 3.22. The third-order valence-electron chi connectivity index (χ3n) is 2.27. The van der Waals surface area contributed by atoms with E-state index in [1.54, 1.807) is 12.4 Å². The first-order chi connectivity index (χ1) is 7.36. The average molecular weight is 201 g/mol. The second kappa shape index (κ2) is 2.84. The standard InChI is InChI=1S/C10H7N3O2/c11-10-8(5-13-15-10)7-3-1-2-6-4-12-14-9(6)7/h1-5H,11H2. The van der Waals surface area contributed by atoms with Crippen LogP contribution in [0.25, 0.3) is 22.1 Å². The zero-order chi connectivity index (χ0) is 10.3. The Bertz CT molecular complexity index is 612. The molecular formula is C10H7N3O2. The van der Waals surface area contributed by atoms with Gasteiger partial charge in [-0.25, -0.2) is 0 Å². The Balaban J connectivity index is 2.36. The first-order valence-electron chi connectivity index (χ1n) is 4.40. The van der Waals surface area contributed by atoms with E-state index >= 15 is 0 Å². The van der Waals surface area contributed by atoms with Crippen molar-refractivity contribution >= 4 is 16.9 Å². The SMILES string of the molecule is Nc1oncc1-c1cccc2cnoc12. The maximum atomic E-state index is 5.64. The first-order valence-corrected chi connectivity index (χ1v) is 4.40. The zero-order valence-corrected chi connectivity index (χ0v) is 7.68. The minimum absolute atomic E-state index is 0.277. The van der Waals surface area contributed by atoms with Crippen molar-refractivity contribution in [3.8, 4) is 11.1 Å². The second-order valence-corrected chi connectivity index (χ2v) is 3.15. The van der Waals surface area contributed by atoms with Gasteiger partial charge in [-0.2, -0.15) is 0 Å². The number of anilines is 1. The number of nitrogens with zero attached hydrogens (tertiary/aromatic N) is 2. The van der Waals surface area contributed by atoms with Crippen LogP contribution >= 0.6 is 0 Å². The van der Waals surface area contributed by atoms with E-state index in [1.165, 1.54) is 0 Å². The van der Waals surface area contributed by atoms with Gasteiger partial charge in [0, 0.05) is 10.9 Å². The van der Waals surface area contributed by atoms with Crippen LogP contribution in [0.1, 0.15) is 0 Å². The maximum Gasteiger partial charge on any atom is 0.230 e. The summed E-state index contributed by atoms with van der Waals surface area (Å²) in [6.45, 7) is 0. The Hall–Kier alpha value is -2.30. The van der Waals surface area contributed by atoms with Gasteiger partial charge in [-0.15, -0.1) is 0 Å². The van der Waals surface area contributed by atoms with E-state index in [-0.39, 0.29) is 5.88 Å². The molecule has 5 nitrogen and oxygen atoms in total. The van der Waals surface area contributed by atoms with Gasteiger partial charge < -0.3 is 14.8 Å². The number of nitrogens with two attached hydrogens (primary N) is 1. The highest BCUT2D eigenvalue weighted by molar-refractivity contribution is 5.93. The summed E-state index contributed by atoms with van der Waals surface area (Å²) < 4.78 is 9.96. The van der Waals surface area contributed by atoms with Crippen molar-refractivity contribution in [2.45, 2.75) is 0 Å². The van der Waals surface area contributed by atoms with E-state index in [9.17, 15) is 0 Å². The minimum Gasteiger partial charge on any atom is -0.367 e. The van der Waals surface area contributed by atoms with Crippen molar-refractivity contribution in [2.75, 3.05) is 5.73 Å². The lowest BCUT2D eigenvalue weighted by Gasteiger charge is -1.97. The van der Waals surface area contributed by atoms with Crippen LogP contribution in [-0.2, 0) is 0 Å². The lowest BCUT2D eigenvalue weighted by atomic mass is 10.1. The largest absolute Gasteiger partial charge is 0.367 e. The molecule has 0 radical (unpaired) electrons. The van der Waals surface area contributed by atoms with Crippen LogP contribution in [0.2, 0.25) is 0 Å². The molecule has 1 aromatic carbocycles. The van der Waals surface area contributed by atoms with Crippen molar-refractivity contribution in [1.82, 2.24) is 10.3 Å². The van der Waals surface area contributed by atoms with Gasteiger partial charge in [-0.1, -0.05) is 22.4 Å². The number of rotatable bonds is 1. The summed E-state index contributed by atoms with van der Waals surface area (Å²) in [6, 6.07) is 5.71.